The predicted molar refractivity (Wildman–Crippen MR) is 105 cm³/mol. The van der Waals surface area contributed by atoms with Gasteiger partial charge in [0.15, 0.2) is 0 Å². The molecule has 2 heterocycles. The number of ether oxygens (including phenoxy) is 2. The first-order chi connectivity index (χ1) is 14.1. The van der Waals surface area contributed by atoms with Crippen molar-refractivity contribution in [1.29, 1.82) is 0 Å². The first-order valence-corrected chi connectivity index (χ1v) is 10.7. The van der Waals surface area contributed by atoms with Crippen LogP contribution in [0.2, 0.25) is 0 Å². The van der Waals surface area contributed by atoms with Gasteiger partial charge in [-0.3, -0.25) is 0 Å². The first-order valence-electron chi connectivity index (χ1n) is 9.12. The van der Waals surface area contributed by atoms with Crippen molar-refractivity contribution in [2.45, 2.75) is 43.4 Å². The average molecular weight is 439 g/mol. The molecule has 0 bridgehead atoms. The second-order valence-electron chi connectivity index (χ2n) is 7.04. The highest BCUT2D eigenvalue weighted by atomic mass is 32.2. The highest BCUT2D eigenvalue weighted by molar-refractivity contribution is 7.89. The van der Waals surface area contributed by atoms with Gasteiger partial charge in [-0.15, -0.1) is 0 Å². The molecule has 1 saturated heterocycles. The molecular formula is C18H22FN5O5S. The molecule has 162 valence electrons. The van der Waals surface area contributed by atoms with E-state index in [2.05, 4.69) is 20.6 Å². The average Bonchev–Trinajstić information content (AvgIpc) is 3.10. The Hall–Kier alpha value is -2.83. The van der Waals surface area contributed by atoms with E-state index in [4.69, 9.17) is 14.6 Å². The number of benzene rings is 1. The summed E-state index contributed by atoms with van der Waals surface area (Å²) in [4.78, 5) is 19.6. The second-order valence-corrected chi connectivity index (χ2v) is 8.60. The molecule has 1 aliphatic heterocycles. The van der Waals surface area contributed by atoms with Crippen molar-refractivity contribution in [1.82, 2.24) is 15.3 Å². The number of nitrogens with zero attached hydrogens (tertiary/aromatic N) is 2. The minimum atomic E-state index is -4.00. The lowest BCUT2D eigenvalue weighted by molar-refractivity contribution is 0.0690. The number of nitrogens with two attached hydrogens (primary N) is 1. The molecule has 3 rings (SSSR count). The first kappa shape index (κ1) is 21.9. The number of sulfonamides is 1. The lowest BCUT2D eigenvalue weighted by Crippen LogP contribution is -2.33. The Bertz CT molecular complexity index is 1020. The lowest BCUT2D eigenvalue weighted by Gasteiger charge is -2.13. The third-order valence-electron chi connectivity index (χ3n) is 4.20. The largest absolute Gasteiger partial charge is 0.444 e. The van der Waals surface area contributed by atoms with E-state index in [-0.39, 0.29) is 41.4 Å². The van der Waals surface area contributed by atoms with E-state index in [1.807, 2.05) is 13.8 Å². The number of primary sulfonamides is 1. The summed E-state index contributed by atoms with van der Waals surface area (Å²) in [7, 11) is -4.00. The Kier molecular flexibility index (Phi) is 6.48. The molecule has 1 fully saturated rings. The maximum absolute atomic E-state index is 14.1. The summed E-state index contributed by atoms with van der Waals surface area (Å²) in [6.07, 6.45) is 2.30. The normalized spacial score (nSPS) is 19.0. The van der Waals surface area contributed by atoms with E-state index in [9.17, 15) is 17.6 Å². The molecule has 0 aliphatic carbocycles. The van der Waals surface area contributed by atoms with Gasteiger partial charge in [-0.1, -0.05) is 0 Å². The molecule has 0 unspecified atom stereocenters. The zero-order chi connectivity index (χ0) is 21.9. The van der Waals surface area contributed by atoms with E-state index >= 15 is 0 Å². The van der Waals surface area contributed by atoms with Gasteiger partial charge in [0.2, 0.25) is 16.0 Å². The van der Waals surface area contributed by atoms with Gasteiger partial charge in [0.25, 0.3) is 0 Å². The van der Waals surface area contributed by atoms with Crippen LogP contribution in [0.3, 0.4) is 0 Å². The highest BCUT2D eigenvalue weighted by Gasteiger charge is 2.30. The second kappa shape index (κ2) is 8.90. The van der Waals surface area contributed by atoms with Crippen molar-refractivity contribution in [2.75, 3.05) is 11.9 Å². The van der Waals surface area contributed by atoms with E-state index in [1.165, 1.54) is 24.5 Å². The zero-order valence-corrected chi connectivity index (χ0v) is 17.1. The molecule has 0 radical (unpaired) electrons. The van der Waals surface area contributed by atoms with Crippen LogP contribution in [0.1, 0.15) is 31.9 Å². The summed E-state index contributed by atoms with van der Waals surface area (Å²) >= 11 is 0. The van der Waals surface area contributed by atoms with Crippen molar-refractivity contribution in [3.05, 3.63) is 42.0 Å². The van der Waals surface area contributed by atoms with Crippen LogP contribution in [0, 0.1) is 5.82 Å². The van der Waals surface area contributed by atoms with Crippen LogP contribution >= 0.6 is 0 Å². The Balaban J connectivity index is 1.60. The topological polar surface area (TPSA) is 146 Å². The third kappa shape index (κ3) is 5.62. The molecular weight excluding hydrogens is 417 g/mol. The number of aromatic nitrogens is 2. The third-order valence-corrected chi connectivity index (χ3v) is 5.11. The number of carbonyl (C=O) groups excluding carboxylic acids is 1. The number of hydrogen-bond acceptors (Lipinski definition) is 8. The summed E-state index contributed by atoms with van der Waals surface area (Å²) in [6, 6.07) is 3.20. The number of halogens is 1. The molecule has 1 aliphatic rings. The number of anilines is 2. The highest BCUT2D eigenvalue weighted by Crippen LogP contribution is 2.30. The van der Waals surface area contributed by atoms with Crippen LogP contribution < -0.4 is 15.8 Å². The molecule has 1 aromatic heterocycles. The summed E-state index contributed by atoms with van der Waals surface area (Å²) in [5, 5.41) is 10.3. The molecule has 10 nitrogen and oxygen atoms in total. The van der Waals surface area contributed by atoms with Crippen LogP contribution in [0.4, 0.5) is 20.8 Å². The van der Waals surface area contributed by atoms with Gasteiger partial charge in [-0.05, 0) is 32.0 Å². The van der Waals surface area contributed by atoms with E-state index < -0.39 is 21.9 Å². The Morgan fingerprint density at radius 1 is 1.33 bits per heavy atom. The molecule has 2 atom stereocenters. The summed E-state index contributed by atoms with van der Waals surface area (Å²) in [6.45, 7) is 3.93. The van der Waals surface area contributed by atoms with Gasteiger partial charge in [-0.2, -0.15) is 0 Å². The van der Waals surface area contributed by atoms with Crippen LogP contribution in [-0.4, -0.2) is 43.2 Å². The summed E-state index contributed by atoms with van der Waals surface area (Å²) in [5.41, 5.74) is 0.679. The molecule has 12 heteroatoms. The number of rotatable bonds is 6. The Morgan fingerprint density at radius 3 is 2.63 bits per heavy atom. The number of hydrogen-bond donors (Lipinski definition) is 3. The number of carbonyl (C=O) groups is 1. The molecule has 30 heavy (non-hydrogen) atoms. The Morgan fingerprint density at radius 2 is 2.03 bits per heavy atom. The van der Waals surface area contributed by atoms with E-state index in [0.29, 0.717) is 12.0 Å². The van der Waals surface area contributed by atoms with Gasteiger partial charge < -0.3 is 20.1 Å². The molecule has 1 amide bonds. The number of nitrogens with one attached hydrogen (secondary N) is 2. The number of alkyl carbamates (subject to hydrolysis) is 1. The van der Waals surface area contributed by atoms with Crippen LogP contribution in [0.5, 0.6) is 0 Å². The van der Waals surface area contributed by atoms with Crippen molar-refractivity contribution in [3.63, 3.8) is 0 Å². The Labute approximate surface area is 173 Å². The van der Waals surface area contributed by atoms with Gasteiger partial charge in [-0.25, -0.2) is 32.7 Å². The minimum absolute atomic E-state index is 0.00287. The minimum Gasteiger partial charge on any atom is -0.444 e. The summed E-state index contributed by atoms with van der Waals surface area (Å²) < 4.78 is 47.6. The van der Waals surface area contributed by atoms with Gasteiger partial charge >= 0.3 is 6.09 Å². The summed E-state index contributed by atoms with van der Waals surface area (Å²) in [5.74, 6) is -0.698. The fraction of sp³-hybridized carbons (Fsp3) is 0.389. The quantitative estimate of drug-likeness (QED) is 0.619. The fourth-order valence-electron chi connectivity index (χ4n) is 2.80. The lowest BCUT2D eigenvalue weighted by atomic mass is 10.1. The van der Waals surface area contributed by atoms with Crippen molar-refractivity contribution in [2.24, 2.45) is 5.14 Å². The molecule has 2 aromatic rings. The fourth-order valence-corrected chi connectivity index (χ4v) is 3.32. The molecule has 0 spiro atoms. The van der Waals surface area contributed by atoms with Gasteiger partial charge in [0.05, 0.1) is 23.3 Å². The van der Waals surface area contributed by atoms with Gasteiger partial charge in [0.1, 0.15) is 11.9 Å². The van der Waals surface area contributed by atoms with Crippen molar-refractivity contribution < 1.29 is 27.1 Å². The maximum atomic E-state index is 14.1. The predicted octanol–water partition coefficient (Wildman–Crippen LogP) is 1.97. The number of amides is 1. The van der Waals surface area contributed by atoms with E-state index in [0.717, 1.165) is 6.07 Å². The molecule has 0 saturated carbocycles. The monoisotopic (exact) mass is 439 g/mol. The molecule has 4 N–H and O–H groups in total. The van der Waals surface area contributed by atoms with Crippen molar-refractivity contribution in [3.8, 4) is 0 Å². The van der Waals surface area contributed by atoms with Gasteiger partial charge in [0, 0.05) is 30.4 Å². The standard InChI is InChI=1S/C18H22FN5O5S/c1-10(2)23-18(25)29-12-5-16(28-9-12)11-7-21-17(22-8-11)24-15-4-3-13(6-14(15)19)30(20,26)27/h3-4,6-8,10,12,16H,5,9H2,1-2H3,(H,23,25)(H2,20,26,27)(H,21,22,24)/t12-,16-/m1/s1. The van der Waals surface area contributed by atoms with Crippen LogP contribution in [0.25, 0.3) is 0 Å². The van der Waals surface area contributed by atoms with Crippen molar-refractivity contribution >= 4 is 27.8 Å². The zero-order valence-electron chi connectivity index (χ0n) is 16.3. The maximum Gasteiger partial charge on any atom is 0.407 e. The van der Waals surface area contributed by atoms with Crippen LogP contribution in [0.15, 0.2) is 35.5 Å². The SMILES string of the molecule is CC(C)NC(=O)O[C@H]1CO[C@@H](c2cnc(Nc3ccc(S(N)(=O)=O)cc3F)nc2)C1. The van der Waals surface area contributed by atoms with E-state index in [1.54, 1.807) is 0 Å². The smallest absolute Gasteiger partial charge is 0.407 e. The van der Waals surface area contributed by atoms with Crippen LogP contribution in [-0.2, 0) is 19.5 Å². The molecule has 1 aromatic carbocycles.